The molecule has 0 bridgehead atoms. The van der Waals surface area contributed by atoms with E-state index in [-0.39, 0.29) is 28.6 Å². The Morgan fingerprint density at radius 2 is 1.53 bits per heavy atom. The second-order valence-corrected chi connectivity index (χ2v) is 14.9. The van der Waals surface area contributed by atoms with Gasteiger partial charge < -0.3 is 25.5 Å². The third-order valence-electron chi connectivity index (χ3n) is 13.6. The van der Waals surface area contributed by atoms with Gasteiger partial charge >= 0.3 is 5.97 Å². The van der Waals surface area contributed by atoms with Gasteiger partial charge in [0.1, 0.15) is 6.10 Å². The van der Waals surface area contributed by atoms with E-state index in [1.54, 1.807) is 0 Å². The Morgan fingerprint density at radius 3 is 2.14 bits per heavy atom. The fourth-order valence-electron chi connectivity index (χ4n) is 10.9. The molecular weight excluding hydrogens is 456 g/mol. The second-order valence-electron chi connectivity index (χ2n) is 14.9. The number of hydrogen-bond donors (Lipinski definition) is 5. The van der Waals surface area contributed by atoms with E-state index in [4.69, 9.17) is 0 Å². The van der Waals surface area contributed by atoms with E-state index in [1.807, 2.05) is 27.7 Å². The summed E-state index contributed by atoms with van der Waals surface area (Å²) in [6.07, 6.45) is 4.02. The summed E-state index contributed by atoms with van der Waals surface area (Å²) >= 11 is 0. The van der Waals surface area contributed by atoms with Gasteiger partial charge in [0, 0.05) is 11.3 Å². The highest BCUT2D eigenvalue weighted by molar-refractivity contribution is 5.77. The molecule has 0 aliphatic heterocycles. The summed E-state index contributed by atoms with van der Waals surface area (Å²) in [5, 5.41) is 55.9. The summed E-state index contributed by atoms with van der Waals surface area (Å²) in [4.78, 5) is 12.8. The average molecular weight is 505 g/mol. The van der Waals surface area contributed by atoms with Crippen molar-refractivity contribution >= 4 is 5.97 Å². The first-order valence-corrected chi connectivity index (χ1v) is 14.1. The van der Waals surface area contributed by atoms with Gasteiger partial charge in [-0.15, -0.1) is 0 Å². The van der Waals surface area contributed by atoms with E-state index in [2.05, 4.69) is 26.8 Å². The number of carboxylic acid groups (broad SMARTS) is 1. The maximum absolute atomic E-state index is 12.8. The third kappa shape index (κ3) is 2.80. The molecule has 0 saturated heterocycles. The van der Waals surface area contributed by atoms with E-state index in [1.165, 1.54) is 0 Å². The molecule has 0 heterocycles. The van der Waals surface area contributed by atoms with Crippen LogP contribution in [0.3, 0.4) is 0 Å². The molecule has 0 aromatic rings. The van der Waals surface area contributed by atoms with Crippen LogP contribution in [0.15, 0.2) is 11.6 Å². The first-order valence-electron chi connectivity index (χ1n) is 14.1. The minimum atomic E-state index is -1.20. The van der Waals surface area contributed by atoms with E-state index in [0.29, 0.717) is 25.7 Å². The SMILES string of the molecule is C[C@@H]1CC[C@]2(C(=O)O)CC[C@]3(C)C(=CC[C@@H]4[C@@]5(C)[C@@H](O)[C@@H](O)[C@H](O)C(C)(C)[C@@H]5CC[C@]43C)[C@@H]2[C@]1(C)O. The summed E-state index contributed by atoms with van der Waals surface area (Å²) in [5.41, 5.74) is -2.63. The van der Waals surface area contributed by atoms with Gasteiger partial charge in [-0.3, -0.25) is 4.79 Å². The van der Waals surface area contributed by atoms with Gasteiger partial charge in [-0.1, -0.05) is 53.2 Å². The van der Waals surface area contributed by atoms with Crippen molar-refractivity contribution in [2.45, 2.75) is 117 Å². The average Bonchev–Trinajstić information content (AvgIpc) is 2.79. The quantitative estimate of drug-likeness (QED) is 0.343. The Balaban J connectivity index is 1.67. The monoisotopic (exact) mass is 504 g/mol. The lowest BCUT2D eigenvalue weighted by Crippen LogP contribution is -2.72. The number of carbonyl (C=O) groups is 1. The largest absolute Gasteiger partial charge is 0.481 e. The number of aliphatic hydroxyl groups is 4. The van der Waals surface area contributed by atoms with E-state index in [9.17, 15) is 30.3 Å². The molecule has 0 radical (unpaired) electrons. The molecule has 0 spiro atoms. The van der Waals surface area contributed by atoms with Gasteiger partial charge in [0.05, 0.1) is 23.2 Å². The number of aliphatic hydroxyl groups excluding tert-OH is 3. The van der Waals surface area contributed by atoms with Crippen molar-refractivity contribution in [1.82, 2.24) is 0 Å². The molecule has 5 aliphatic rings. The molecule has 36 heavy (non-hydrogen) atoms. The second kappa shape index (κ2) is 7.58. The summed E-state index contributed by atoms with van der Waals surface area (Å²) in [6.45, 7) is 14.7. The fourth-order valence-corrected chi connectivity index (χ4v) is 10.9. The number of aliphatic carboxylic acids is 1. The minimum absolute atomic E-state index is 0.00890. The molecule has 0 aromatic heterocycles. The van der Waals surface area contributed by atoms with Crippen LogP contribution in [-0.2, 0) is 4.79 Å². The molecule has 0 amide bonds. The number of fused-ring (bicyclic) bond motifs is 7. The minimum Gasteiger partial charge on any atom is -0.481 e. The molecule has 6 heteroatoms. The molecule has 6 nitrogen and oxygen atoms in total. The van der Waals surface area contributed by atoms with Gasteiger partial charge in [-0.25, -0.2) is 0 Å². The van der Waals surface area contributed by atoms with Crippen molar-refractivity contribution in [2.75, 3.05) is 0 Å². The van der Waals surface area contributed by atoms with Gasteiger partial charge in [0.25, 0.3) is 0 Å². The van der Waals surface area contributed by atoms with Crippen molar-refractivity contribution in [3.8, 4) is 0 Å². The lowest BCUT2D eigenvalue weighted by atomic mass is 9.32. The summed E-state index contributed by atoms with van der Waals surface area (Å²) < 4.78 is 0. The number of rotatable bonds is 1. The maximum Gasteiger partial charge on any atom is 0.310 e. The van der Waals surface area contributed by atoms with Crippen LogP contribution in [-0.4, -0.2) is 55.4 Å². The van der Waals surface area contributed by atoms with Crippen molar-refractivity contribution in [3.63, 3.8) is 0 Å². The Hall–Kier alpha value is -0.950. The summed E-state index contributed by atoms with van der Waals surface area (Å²) in [7, 11) is 0. The highest BCUT2D eigenvalue weighted by atomic mass is 16.4. The van der Waals surface area contributed by atoms with Crippen LogP contribution in [0.1, 0.15) is 93.4 Å². The number of carboxylic acids is 1. The van der Waals surface area contributed by atoms with Crippen molar-refractivity contribution in [2.24, 2.45) is 50.7 Å². The normalized spacial score (nSPS) is 58.0. The molecule has 12 atom stereocenters. The van der Waals surface area contributed by atoms with Gasteiger partial charge in [0.2, 0.25) is 0 Å². The third-order valence-corrected chi connectivity index (χ3v) is 13.6. The van der Waals surface area contributed by atoms with Gasteiger partial charge in [-0.2, -0.15) is 0 Å². The van der Waals surface area contributed by atoms with Crippen LogP contribution < -0.4 is 0 Å². The Labute approximate surface area is 216 Å². The predicted octanol–water partition coefficient (Wildman–Crippen LogP) is 4.15. The fraction of sp³-hybridized carbons (Fsp3) is 0.900. The zero-order valence-electron chi connectivity index (χ0n) is 23.2. The highest BCUT2D eigenvalue weighted by Crippen LogP contribution is 2.76. The smallest absolute Gasteiger partial charge is 0.310 e. The van der Waals surface area contributed by atoms with Crippen LogP contribution >= 0.6 is 0 Å². The maximum atomic E-state index is 12.8. The van der Waals surface area contributed by atoms with Crippen LogP contribution in [0.5, 0.6) is 0 Å². The van der Waals surface area contributed by atoms with Crippen molar-refractivity contribution in [3.05, 3.63) is 11.6 Å². The van der Waals surface area contributed by atoms with E-state index < -0.39 is 52.0 Å². The van der Waals surface area contributed by atoms with Gasteiger partial charge in [-0.05, 0) is 85.9 Å². The van der Waals surface area contributed by atoms with Crippen LogP contribution in [0.2, 0.25) is 0 Å². The first-order chi connectivity index (χ1) is 16.4. The van der Waals surface area contributed by atoms with Crippen LogP contribution in [0, 0.1) is 50.7 Å². The Morgan fingerprint density at radius 1 is 0.889 bits per heavy atom. The molecule has 4 fully saturated rings. The zero-order valence-corrected chi connectivity index (χ0v) is 23.2. The van der Waals surface area contributed by atoms with E-state index in [0.717, 1.165) is 24.8 Å². The van der Waals surface area contributed by atoms with Crippen LogP contribution in [0.25, 0.3) is 0 Å². The first kappa shape index (κ1) is 26.6. The zero-order chi connectivity index (χ0) is 26.9. The molecule has 4 saturated carbocycles. The topological polar surface area (TPSA) is 118 Å². The highest BCUT2D eigenvalue weighted by Gasteiger charge is 2.73. The molecule has 204 valence electrons. The predicted molar refractivity (Wildman–Crippen MR) is 137 cm³/mol. The summed E-state index contributed by atoms with van der Waals surface area (Å²) in [6, 6.07) is 0. The Bertz CT molecular complexity index is 986. The van der Waals surface area contributed by atoms with Crippen molar-refractivity contribution < 1.29 is 30.3 Å². The molecule has 5 N–H and O–H groups in total. The molecular formula is C30H48O6. The number of hydrogen-bond acceptors (Lipinski definition) is 5. The summed E-state index contributed by atoms with van der Waals surface area (Å²) in [5.74, 6) is -1.10. The lowest BCUT2D eigenvalue weighted by Gasteiger charge is -2.72. The Kier molecular flexibility index (Phi) is 5.61. The lowest BCUT2D eigenvalue weighted by molar-refractivity contribution is -0.279. The molecule has 5 aliphatic carbocycles. The molecule has 0 aromatic carbocycles. The molecule has 0 unspecified atom stereocenters. The van der Waals surface area contributed by atoms with Gasteiger partial charge in [0.15, 0.2) is 0 Å². The number of allylic oxidation sites excluding steroid dienone is 1. The molecule has 5 rings (SSSR count). The van der Waals surface area contributed by atoms with Crippen LogP contribution in [0.4, 0.5) is 0 Å². The standard InChI is InChI=1S/C30H48O6/c1-16-10-13-30(24(34)35)15-14-26(4)17(21(30)29(16,7)36)8-9-19-27(26,5)12-11-18-25(2,3)22(32)20(31)23(33)28(18,19)6/h8,16,18-23,31-33,36H,9-15H2,1-7H3,(H,34,35)/t16-,18+,19+,20+,21-,22+,23+,26-,27-,28+,29-,30+/m1/s1. The van der Waals surface area contributed by atoms with Crippen molar-refractivity contribution in [1.29, 1.82) is 0 Å². The van der Waals surface area contributed by atoms with E-state index >= 15 is 0 Å².